The third kappa shape index (κ3) is 5.27. The van der Waals surface area contributed by atoms with Gasteiger partial charge in [0.25, 0.3) is 10.0 Å². The number of nitrogens with zero attached hydrogens (tertiary/aromatic N) is 3. The quantitative estimate of drug-likeness (QED) is 0.328. The van der Waals surface area contributed by atoms with Gasteiger partial charge in [-0.1, -0.05) is 35.9 Å². The number of aryl methyl sites for hydroxylation is 1. The average molecular weight is 506 g/mol. The van der Waals surface area contributed by atoms with Crippen LogP contribution in [0.5, 0.6) is 0 Å². The van der Waals surface area contributed by atoms with E-state index in [4.69, 9.17) is 21.6 Å². The first-order chi connectivity index (χ1) is 16.8. The summed E-state index contributed by atoms with van der Waals surface area (Å²) >= 11 is 5.91. The molecule has 0 spiro atoms. The Labute approximate surface area is 208 Å². The van der Waals surface area contributed by atoms with Crippen LogP contribution in [-0.4, -0.2) is 26.8 Å². The third-order valence-electron chi connectivity index (χ3n) is 5.30. The molecule has 1 aliphatic heterocycles. The summed E-state index contributed by atoms with van der Waals surface area (Å²) in [5.41, 5.74) is 2.58. The highest BCUT2D eigenvalue weighted by molar-refractivity contribution is 7.92. The molecule has 7 nitrogen and oxygen atoms in total. The van der Waals surface area contributed by atoms with Crippen molar-refractivity contribution in [2.24, 2.45) is 4.99 Å². The summed E-state index contributed by atoms with van der Waals surface area (Å²) in [6.07, 6.45) is 1.63. The lowest BCUT2D eigenvalue weighted by Crippen LogP contribution is -2.32. The van der Waals surface area contributed by atoms with Crippen molar-refractivity contribution >= 4 is 45.3 Å². The van der Waals surface area contributed by atoms with Crippen LogP contribution in [0.3, 0.4) is 0 Å². The van der Waals surface area contributed by atoms with Crippen LogP contribution in [0.2, 0.25) is 5.02 Å². The second kappa shape index (κ2) is 10.1. The molecule has 0 atom stereocenters. The SMILES string of the molecule is Cc1cc(N(CCC#N)S(=O)(=O)c2ccccc2)ccc1/C=C1/N=C(c2ccc(Cl)cc2)OC1=O. The molecule has 0 bridgehead atoms. The fraction of sp³-hybridized carbons (Fsp3) is 0.115. The van der Waals surface area contributed by atoms with Gasteiger partial charge in [-0.2, -0.15) is 5.26 Å². The van der Waals surface area contributed by atoms with E-state index in [1.54, 1.807) is 73.7 Å². The summed E-state index contributed by atoms with van der Waals surface area (Å²) in [5.74, 6) is -0.399. The van der Waals surface area contributed by atoms with Gasteiger partial charge in [-0.3, -0.25) is 4.31 Å². The summed E-state index contributed by atoms with van der Waals surface area (Å²) in [7, 11) is -3.87. The minimum absolute atomic E-state index is 0.00861. The van der Waals surface area contributed by atoms with Gasteiger partial charge in [0, 0.05) is 17.1 Å². The molecule has 35 heavy (non-hydrogen) atoms. The highest BCUT2D eigenvalue weighted by Gasteiger charge is 2.26. The molecule has 0 aromatic heterocycles. The van der Waals surface area contributed by atoms with Crippen LogP contribution in [0.4, 0.5) is 5.69 Å². The largest absolute Gasteiger partial charge is 0.402 e. The number of hydrogen-bond acceptors (Lipinski definition) is 6. The van der Waals surface area contributed by atoms with Gasteiger partial charge >= 0.3 is 5.97 Å². The van der Waals surface area contributed by atoms with Crippen molar-refractivity contribution in [3.63, 3.8) is 0 Å². The van der Waals surface area contributed by atoms with Crippen LogP contribution in [0, 0.1) is 18.3 Å². The molecule has 176 valence electrons. The number of hydrogen-bond donors (Lipinski definition) is 0. The number of carbonyl (C=O) groups excluding carboxylic acids is 1. The zero-order chi connectivity index (χ0) is 25.0. The highest BCUT2D eigenvalue weighted by Crippen LogP contribution is 2.28. The molecule has 4 rings (SSSR count). The summed E-state index contributed by atoms with van der Waals surface area (Å²) in [4.78, 5) is 16.8. The minimum Gasteiger partial charge on any atom is -0.402 e. The van der Waals surface area contributed by atoms with Crippen molar-refractivity contribution in [2.45, 2.75) is 18.2 Å². The number of benzene rings is 3. The normalized spacial score (nSPS) is 14.4. The van der Waals surface area contributed by atoms with Crippen LogP contribution in [0.15, 0.2) is 88.4 Å². The lowest BCUT2D eigenvalue weighted by Gasteiger charge is -2.24. The Hall–Kier alpha value is -3.93. The second-order valence-electron chi connectivity index (χ2n) is 7.68. The summed E-state index contributed by atoms with van der Waals surface area (Å²) in [5, 5.41) is 9.62. The Kier molecular flexibility index (Phi) is 7.01. The van der Waals surface area contributed by atoms with Crippen molar-refractivity contribution in [3.05, 3.63) is 100 Å². The molecule has 0 radical (unpaired) electrons. The van der Waals surface area contributed by atoms with E-state index in [1.807, 2.05) is 6.07 Å². The molecular formula is C26H20ClN3O4S. The zero-order valence-corrected chi connectivity index (χ0v) is 20.3. The molecule has 0 amide bonds. The van der Waals surface area contributed by atoms with Crippen LogP contribution in [0.25, 0.3) is 6.08 Å². The number of aliphatic imine (C=N–C) groups is 1. The number of nitriles is 1. The van der Waals surface area contributed by atoms with E-state index in [0.29, 0.717) is 21.8 Å². The van der Waals surface area contributed by atoms with E-state index in [-0.39, 0.29) is 29.5 Å². The first kappa shape index (κ1) is 24.2. The fourth-order valence-corrected chi connectivity index (χ4v) is 5.11. The van der Waals surface area contributed by atoms with Gasteiger partial charge < -0.3 is 4.74 Å². The molecule has 9 heteroatoms. The molecule has 0 saturated carbocycles. The standard InChI is InChI=1S/C26H20ClN3O4S/c1-18-16-22(30(15-5-14-28)35(32,33)23-6-3-2-4-7-23)13-10-20(18)17-24-26(31)34-25(29-24)19-8-11-21(27)12-9-19/h2-4,6-13,16-17H,5,15H2,1H3/b24-17+. The molecule has 0 saturated heterocycles. The van der Waals surface area contributed by atoms with Crippen molar-refractivity contribution in [1.82, 2.24) is 0 Å². The average Bonchev–Trinajstić information content (AvgIpc) is 3.22. The van der Waals surface area contributed by atoms with E-state index in [9.17, 15) is 13.2 Å². The van der Waals surface area contributed by atoms with Crippen LogP contribution < -0.4 is 4.31 Å². The zero-order valence-electron chi connectivity index (χ0n) is 18.7. The molecule has 0 N–H and O–H groups in total. The maximum atomic E-state index is 13.3. The van der Waals surface area contributed by atoms with Gasteiger partial charge in [0.2, 0.25) is 5.90 Å². The topological polar surface area (TPSA) is 99.8 Å². The van der Waals surface area contributed by atoms with Crippen LogP contribution >= 0.6 is 11.6 Å². The Morgan fingerprint density at radius 1 is 1.09 bits per heavy atom. The second-order valence-corrected chi connectivity index (χ2v) is 9.98. The molecule has 0 fully saturated rings. The van der Waals surface area contributed by atoms with Crippen LogP contribution in [0.1, 0.15) is 23.1 Å². The van der Waals surface area contributed by atoms with Crippen molar-refractivity contribution < 1.29 is 17.9 Å². The van der Waals surface area contributed by atoms with Crippen LogP contribution in [-0.2, 0) is 19.6 Å². The molecule has 1 aliphatic rings. The predicted molar refractivity (Wildman–Crippen MR) is 134 cm³/mol. The van der Waals surface area contributed by atoms with E-state index < -0.39 is 16.0 Å². The monoisotopic (exact) mass is 505 g/mol. The molecule has 1 heterocycles. The lowest BCUT2D eigenvalue weighted by molar-refractivity contribution is -0.129. The van der Waals surface area contributed by atoms with E-state index in [1.165, 1.54) is 16.4 Å². The number of anilines is 1. The Morgan fingerprint density at radius 3 is 2.46 bits per heavy atom. The summed E-state index contributed by atoms with van der Waals surface area (Å²) in [6.45, 7) is 1.81. The number of esters is 1. The van der Waals surface area contributed by atoms with Gasteiger partial charge in [-0.15, -0.1) is 0 Å². The highest BCUT2D eigenvalue weighted by atomic mass is 35.5. The number of ether oxygens (including phenoxy) is 1. The first-order valence-electron chi connectivity index (χ1n) is 10.6. The van der Waals surface area contributed by atoms with Crippen molar-refractivity contribution in [3.8, 4) is 6.07 Å². The molecular weight excluding hydrogens is 486 g/mol. The summed E-state index contributed by atoms with van der Waals surface area (Å²) < 4.78 is 33.0. The molecule has 3 aromatic carbocycles. The minimum atomic E-state index is -3.87. The molecule has 0 unspecified atom stereocenters. The van der Waals surface area contributed by atoms with E-state index in [0.717, 1.165) is 5.56 Å². The fourth-order valence-electron chi connectivity index (χ4n) is 3.51. The Bertz CT molecular complexity index is 1480. The number of halogens is 1. The van der Waals surface area contributed by atoms with Crippen molar-refractivity contribution in [1.29, 1.82) is 5.26 Å². The molecule has 0 aliphatic carbocycles. The predicted octanol–water partition coefficient (Wildman–Crippen LogP) is 5.10. The Morgan fingerprint density at radius 2 is 1.80 bits per heavy atom. The van der Waals surface area contributed by atoms with Gasteiger partial charge in [-0.25, -0.2) is 18.2 Å². The third-order valence-corrected chi connectivity index (χ3v) is 7.40. The lowest BCUT2D eigenvalue weighted by atomic mass is 10.1. The smallest absolute Gasteiger partial charge is 0.363 e. The maximum absolute atomic E-state index is 13.3. The summed E-state index contributed by atoms with van der Waals surface area (Å²) in [6, 6.07) is 21.9. The first-order valence-corrected chi connectivity index (χ1v) is 12.5. The van der Waals surface area contributed by atoms with Gasteiger partial charge in [-0.05, 0) is 72.7 Å². The van der Waals surface area contributed by atoms with Gasteiger partial charge in [0.15, 0.2) is 5.70 Å². The molecule has 3 aromatic rings. The van der Waals surface area contributed by atoms with Gasteiger partial charge in [0.05, 0.1) is 23.1 Å². The number of rotatable bonds is 7. The van der Waals surface area contributed by atoms with E-state index >= 15 is 0 Å². The number of sulfonamides is 1. The maximum Gasteiger partial charge on any atom is 0.363 e. The number of cyclic esters (lactones) is 1. The van der Waals surface area contributed by atoms with Crippen molar-refractivity contribution in [2.75, 3.05) is 10.8 Å². The number of carbonyl (C=O) groups is 1. The Balaban J connectivity index is 1.66. The van der Waals surface area contributed by atoms with E-state index in [2.05, 4.69) is 4.99 Å². The van der Waals surface area contributed by atoms with Gasteiger partial charge in [0.1, 0.15) is 0 Å².